The molecule has 0 atom stereocenters. The second-order valence-corrected chi connectivity index (χ2v) is 6.27. The highest BCUT2D eigenvalue weighted by molar-refractivity contribution is 6.32. The number of aryl methyl sites for hydroxylation is 3. The third-order valence-corrected chi connectivity index (χ3v) is 4.08. The minimum absolute atomic E-state index is 0.168. The van der Waals surface area contributed by atoms with E-state index in [0.29, 0.717) is 6.54 Å². The van der Waals surface area contributed by atoms with Gasteiger partial charge in [0.1, 0.15) is 7.85 Å². The number of amides is 1. The van der Waals surface area contributed by atoms with E-state index in [1.807, 2.05) is 11.8 Å². The summed E-state index contributed by atoms with van der Waals surface area (Å²) in [6, 6.07) is 10.7. The molecule has 0 saturated carbocycles. The molecule has 1 aliphatic heterocycles. The highest BCUT2D eigenvalue weighted by Crippen LogP contribution is 2.26. The smallest absolute Gasteiger partial charge is 0.255 e. The zero-order chi connectivity index (χ0) is 15.1. The fourth-order valence-electron chi connectivity index (χ4n) is 3.43. The average molecular weight is 277 g/mol. The van der Waals surface area contributed by atoms with Crippen LogP contribution in [0.5, 0.6) is 0 Å². The zero-order valence-corrected chi connectivity index (χ0v) is 13.2. The summed E-state index contributed by atoms with van der Waals surface area (Å²) in [4.78, 5) is 14.6. The highest BCUT2D eigenvalue weighted by atomic mass is 16.2. The van der Waals surface area contributed by atoms with Gasteiger partial charge in [-0.1, -0.05) is 46.9 Å². The average Bonchev–Trinajstić information content (AvgIpc) is 2.64. The number of carbonyl (C=O) groups excluding carboxylic acids is 1. The number of carbonyl (C=O) groups is 1. The molecule has 1 aliphatic rings. The van der Waals surface area contributed by atoms with E-state index >= 15 is 0 Å². The van der Waals surface area contributed by atoms with Crippen LogP contribution in [0.15, 0.2) is 30.3 Å². The molecule has 2 aromatic rings. The summed E-state index contributed by atoms with van der Waals surface area (Å²) < 4.78 is 0. The van der Waals surface area contributed by atoms with Crippen LogP contribution in [0, 0.1) is 20.8 Å². The van der Waals surface area contributed by atoms with Gasteiger partial charge in [0.25, 0.3) is 5.91 Å². The van der Waals surface area contributed by atoms with Crippen LogP contribution in [0.1, 0.15) is 38.2 Å². The van der Waals surface area contributed by atoms with Gasteiger partial charge in [0.2, 0.25) is 0 Å². The Labute approximate surface area is 127 Å². The maximum atomic E-state index is 12.6. The summed E-state index contributed by atoms with van der Waals surface area (Å²) in [5.41, 5.74) is 8.11. The molecule has 0 bridgehead atoms. The van der Waals surface area contributed by atoms with E-state index in [2.05, 4.69) is 52.0 Å². The van der Waals surface area contributed by atoms with E-state index in [9.17, 15) is 4.79 Å². The van der Waals surface area contributed by atoms with E-state index in [1.54, 1.807) is 0 Å². The third kappa shape index (κ3) is 2.60. The van der Waals surface area contributed by atoms with Crippen molar-refractivity contribution in [2.45, 2.75) is 33.9 Å². The Hall–Kier alpha value is -2.03. The molecule has 0 aliphatic carbocycles. The minimum Gasteiger partial charge on any atom is -0.330 e. The van der Waals surface area contributed by atoms with Gasteiger partial charge in [-0.05, 0) is 37.5 Å². The number of nitrogens with zero attached hydrogens (tertiary/aromatic N) is 1. The number of hydrogen-bond acceptors (Lipinski definition) is 1. The van der Waals surface area contributed by atoms with Crippen molar-refractivity contribution in [2.24, 2.45) is 0 Å². The van der Waals surface area contributed by atoms with Gasteiger partial charge < -0.3 is 4.90 Å². The van der Waals surface area contributed by atoms with Gasteiger partial charge >= 0.3 is 0 Å². The van der Waals surface area contributed by atoms with Crippen LogP contribution in [0.25, 0.3) is 0 Å². The summed E-state index contributed by atoms with van der Waals surface area (Å²) in [6.45, 7) is 7.65. The molecule has 2 nitrogen and oxygen atoms in total. The fourth-order valence-corrected chi connectivity index (χ4v) is 3.43. The molecule has 0 N–H and O–H groups in total. The van der Waals surface area contributed by atoms with Crippen LogP contribution >= 0.6 is 0 Å². The predicted molar refractivity (Wildman–Crippen MR) is 88.9 cm³/mol. The van der Waals surface area contributed by atoms with Crippen molar-refractivity contribution in [3.05, 3.63) is 63.7 Å². The van der Waals surface area contributed by atoms with Crippen molar-refractivity contribution in [3.63, 3.8) is 0 Å². The molecule has 0 unspecified atom stereocenters. The summed E-state index contributed by atoms with van der Waals surface area (Å²) in [7, 11) is 2.09. The van der Waals surface area contributed by atoms with Crippen molar-refractivity contribution in [2.75, 3.05) is 0 Å². The van der Waals surface area contributed by atoms with Crippen molar-refractivity contribution < 1.29 is 4.79 Å². The second kappa shape index (κ2) is 5.07. The number of hydrogen-bond donors (Lipinski definition) is 0. The van der Waals surface area contributed by atoms with Crippen molar-refractivity contribution in [3.8, 4) is 0 Å². The Bertz CT molecular complexity index is 716. The number of rotatable bonds is 2. The van der Waals surface area contributed by atoms with Gasteiger partial charge in [-0.2, -0.15) is 0 Å². The van der Waals surface area contributed by atoms with Crippen molar-refractivity contribution in [1.82, 2.24) is 4.90 Å². The molecule has 0 aromatic heterocycles. The minimum atomic E-state index is 0.168. The Kier molecular flexibility index (Phi) is 3.36. The molecule has 3 heteroatoms. The monoisotopic (exact) mass is 277 g/mol. The molecule has 0 saturated heterocycles. The molecule has 0 radical (unpaired) electrons. The second-order valence-electron chi connectivity index (χ2n) is 6.27. The van der Waals surface area contributed by atoms with Gasteiger partial charge in [0.15, 0.2) is 0 Å². The first-order valence-electron chi connectivity index (χ1n) is 7.40. The van der Waals surface area contributed by atoms with Gasteiger partial charge in [0.05, 0.1) is 0 Å². The largest absolute Gasteiger partial charge is 0.330 e. The summed E-state index contributed by atoms with van der Waals surface area (Å²) in [5.74, 6) is 0.168. The van der Waals surface area contributed by atoms with Crippen LogP contribution in [-0.2, 0) is 13.1 Å². The first-order chi connectivity index (χ1) is 9.94. The van der Waals surface area contributed by atoms with Gasteiger partial charge in [-0.25, -0.2) is 0 Å². The first-order valence-corrected chi connectivity index (χ1v) is 7.40. The lowest BCUT2D eigenvalue weighted by Crippen LogP contribution is -2.23. The van der Waals surface area contributed by atoms with Crippen LogP contribution < -0.4 is 5.46 Å². The normalized spacial score (nSPS) is 13.7. The van der Waals surface area contributed by atoms with Gasteiger partial charge in [-0.3, -0.25) is 4.79 Å². The lowest BCUT2D eigenvalue weighted by atomic mass is 9.90. The van der Waals surface area contributed by atoms with E-state index < -0.39 is 0 Å². The van der Waals surface area contributed by atoms with E-state index in [0.717, 1.165) is 17.7 Å². The van der Waals surface area contributed by atoms with Crippen LogP contribution in [0.3, 0.4) is 0 Å². The first kappa shape index (κ1) is 13.9. The number of fused-ring (bicyclic) bond motifs is 1. The molecule has 0 fully saturated rings. The van der Waals surface area contributed by atoms with Crippen LogP contribution in [0.2, 0.25) is 0 Å². The van der Waals surface area contributed by atoms with E-state index in [4.69, 9.17) is 0 Å². The Balaban J connectivity index is 1.90. The Morgan fingerprint density at radius 3 is 2.38 bits per heavy atom. The molecular formula is C18H20BNO. The summed E-state index contributed by atoms with van der Waals surface area (Å²) in [5, 5.41) is 0. The van der Waals surface area contributed by atoms with Crippen LogP contribution in [-0.4, -0.2) is 18.7 Å². The lowest BCUT2D eigenvalue weighted by Gasteiger charge is -2.16. The number of benzene rings is 2. The van der Waals surface area contributed by atoms with E-state index in [1.165, 1.54) is 27.7 Å². The van der Waals surface area contributed by atoms with Gasteiger partial charge in [-0.15, -0.1) is 0 Å². The Morgan fingerprint density at radius 2 is 1.71 bits per heavy atom. The molecular weight excluding hydrogens is 257 g/mol. The standard InChI is InChI=1S/C18H20BNO/c1-11-4-12(2)6-14(5-11)9-20-10-15-8-16(19)7-13(3)17(15)18(20)21/h4-8H,9-10,19H2,1-3H3. The summed E-state index contributed by atoms with van der Waals surface area (Å²) >= 11 is 0. The lowest BCUT2D eigenvalue weighted by molar-refractivity contribution is 0.0766. The quantitative estimate of drug-likeness (QED) is 0.769. The fraction of sp³-hybridized carbons (Fsp3) is 0.278. The van der Waals surface area contributed by atoms with Crippen LogP contribution in [0.4, 0.5) is 0 Å². The topological polar surface area (TPSA) is 20.3 Å². The van der Waals surface area contributed by atoms with E-state index in [-0.39, 0.29) is 5.91 Å². The third-order valence-electron chi connectivity index (χ3n) is 4.08. The molecule has 2 aromatic carbocycles. The maximum Gasteiger partial charge on any atom is 0.255 e. The molecule has 21 heavy (non-hydrogen) atoms. The maximum absolute atomic E-state index is 12.6. The van der Waals surface area contributed by atoms with Gasteiger partial charge in [0, 0.05) is 18.7 Å². The SMILES string of the molecule is Bc1cc(C)c2c(c1)CN(Cc1cc(C)cc(C)c1)C2=O. The molecule has 1 heterocycles. The summed E-state index contributed by atoms with van der Waals surface area (Å²) in [6.07, 6.45) is 0. The zero-order valence-electron chi connectivity index (χ0n) is 13.2. The predicted octanol–water partition coefficient (Wildman–Crippen LogP) is 2.03. The molecule has 106 valence electrons. The van der Waals surface area contributed by atoms with Crippen molar-refractivity contribution in [1.29, 1.82) is 0 Å². The van der Waals surface area contributed by atoms with Crippen molar-refractivity contribution >= 4 is 19.2 Å². The highest BCUT2D eigenvalue weighted by Gasteiger charge is 2.28. The molecule has 1 amide bonds. The Morgan fingerprint density at radius 1 is 1.05 bits per heavy atom. The molecule has 0 spiro atoms. The molecule has 3 rings (SSSR count).